The molecular weight excluding hydrogens is 274 g/mol. The average molecular weight is 291 g/mol. The molecule has 1 N–H and O–H groups in total. The van der Waals surface area contributed by atoms with Crippen molar-refractivity contribution in [2.24, 2.45) is 0 Å². The van der Waals surface area contributed by atoms with Crippen LogP contribution in [0, 0.1) is 23.3 Å². The normalized spacial score (nSPS) is 15.8. The van der Waals surface area contributed by atoms with Crippen LogP contribution in [-0.4, -0.2) is 19.2 Å². The number of rotatable bonds is 6. The van der Waals surface area contributed by atoms with Crippen molar-refractivity contribution in [3.8, 4) is 5.75 Å². The molecule has 1 aromatic carbocycles. The Morgan fingerprint density at radius 1 is 1.05 bits per heavy atom. The van der Waals surface area contributed by atoms with E-state index in [1.807, 2.05) is 0 Å². The molecule has 1 aliphatic carbocycles. The van der Waals surface area contributed by atoms with Crippen LogP contribution in [0.25, 0.3) is 0 Å². The molecule has 1 aromatic rings. The molecule has 0 unspecified atom stereocenters. The van der Waals surface area contributed by atoms with Crippen molar-refractivity contribution >= 4 is 0 Å². The van der Waals surface area contributed by atoms with E-state index >= 15 is 0 Å². The molecule has 6 heteroatoms. The molecule has 20 heavy (non-hydrogen) atoms. The van der Waals surface area contributed by atoms with E-state index in [0.717, 1.165) is 12.8 Å². The topological polar surface area (TPSA) is 21.3 Å². The number of benzene rings is 1. The molecule has 1 fully saturated rings. The molecule has 1 aliphatic rings. The fourth-order valence-corrected chi connectivity index (χ4v) is 2.36. The molecule has 0 spiro atoms. The van der Waals surface area contributed by atoms with Gasteiger partial charge in [0.25, 0.3) is 0 Å². The van der Waals surface area contributed by atoms with Gasteiger partial charge in [-0.05, 0) is 25.8 Å². The molecule has 0 radical (unpaired) electrons. The maximum atomic E-state index is 13.3. The Bertz CT molecular complexity index is 435. The van der Waals surface area contributed by atoms with Gasteiger partial charge in [0.2, 0.25) is 11.6 Å². The Morgan fingerprint density at radius 2 is 1.65 bits per heavy atom. The predicted molar refractivity (Wildman–Crippen MR) is 66.6 cm³/mol. The second-order valence-corrected chi connectivity index (χ2v) is 4.93. The van der Waals surface area contributed by atoms with Gasteiger partial charge in [0.05, 0.1) is 6.61 Å². The summed E-state index contributed by atoms with van der Waals surface area (Å²) in [5, 5.41) is 3.30. The van der Waals surface area contributed by atoms with Crippen LogP contribution >= 0.6 is 0 Å². The van der Waals surface area contributed by atoms with Crippen LogP contribution in [-0.2, 0) is 0 Å². The van der Waals surface area contributed by atoms with Crippen molar-refractivity contribution in [2.45, 2.75) is 38.1 Å². The summed E-state index contributed by atoms with van der Waals surface area (Å²) in [6.45, 7) is 0.641. The number of nitrogens with one attached hydrogen (secondary N) is 1. The first-order chi connectivity index (χ1) is 9.59. The molecule has 2 rings (SSSR count). The molecule has 112 valence electrons. The van der Waals surface area contributed by atoms with Crippen LogP contribution < -0.4 is 10.1 Å². The van der Waals surface area contributed by atoms with Gasteiger partial charge in [0.15, 0.2) is 17.4 Å². The van der Waals surface area contributed by atoms with Gasteiger partial charge in [0, 0.05) is 12.1 Å². The molecule has 0 amide bonds. The van der Waals surface area contributed by atoms with Crippen molar-refractivity contribution in [1.82, 2.24) is 5.32 Å². The van der Waals surface area contributed by atoms with Crippen molar-refractivity contribution in [1.29, 1.82) is 0 Å². The van der Waals surface area contributed by atoms with Crippen molar-refractivity contribution < 1.29 is 22.3 Å². The fraction of sp³-hybridized carbons (Fsp3) is 0.571. The summed E-state index contributed by atoms with van der Waals surface area (Å²) >= 11 is 0. The average Bonchev–Trinajstić information content (AvgIpc) is 2.93. The highest BCUT2D eigenvalue weighted by atomic mass is 19.2. The molecule has 0 atom stereocenters. The van der Waals surface area contributed by atoms with Gasteiger partial charge in [-0.25, -0.2) is 8.78 Å². The largest absolute Gasteiger partial charge is 0.487 e. The first-order valence-corrected chi connectivity index (χ1v) is 6.78. The van der Waals surface area contributed by atoms with Crippen molar-refractivity contribution in [2.75, 3.05) is 13.2 Å². The van der Waals surface area contributed by atoms with E-state index < -0.39 is 29.0 Å². The minimum absolute atomic E-state index is 0.00352. The Labute approximate surface area is 115 Å². The van der Waals surface area contributed by atoms with Gasteiger partial charge in [-0.3, -0.25) is 0 Å². The molecular formula is C14H17F4NO. The number of hydrogen-bond donors (Lipinski definition) is 1. The lowest BCUT2D eigenvalue weighted by molar-refractivity contribution is 0.264. The van der Waals surface area contributed by atoms with Gasteiger partial charge >= 0.3 is 0 Å². The van der Waals surface area contributed by atoms with Crippen LogP contribution in [0.4, 0.5) is 17.6 Å². The van der Waals surface area contributed by atoms with E-state index in [0.29, 0.717) is 19.0 Å². The van der Waals surface area contributed by atoms with Crippen LogP contribution in [0.5, 0.6) is 5.75 Å². The Balaban J connectivity index is 1.79. The number of ether oxygens (including phenoxy) is 1. The zero-order chi connectivity index (χ0) is 14.5. The maximum Gasteiger partial charge on any atom is 0.203 e. The van der Waals surface area contributed by atoms with Crippen molar-refractivity contribution in [3.05, 3.63) is 29.3 Å². The van der Waals surface area contributed by atoms with E-state index in [9.17, 15) is 17.6 Å². The van der Waals surface area contributed by atoms with E-state index in [1.165, 1.54) is 12.8 Å². The van der Waals surface area contributed by atoms with Gasteiger partial charge in [-0.15, -0.1) is 0 Å². The maximum absolute atomic E-state index is 13.3. The summed E-state index contributed by atoms with van der Waals surface area (Å²) < 4.78 is 57.2. The SMILES string of the molecule is Fc1cc(F)c(F)c(OCCCNC2CCCC2)c1F. The van der Waals surface area contributed by atoms with Gasteiger partial charge < -0.3 is 10.1 Å². The van der Waals surface area contributed by atoms with Crippen LogP contribution in [0.2, 0.25) is 0 Å². The molecule has 1 saturated carbocycles. The molecule has 0 aromatic heterocycles. The van der Waals surface area contributed by atoms with Crippen LogP contribution in [0.1, 0.15) is 32.1 Å². The minimum atomic E-state index is -1.49. The van der Waals surface area contributed by atoms with Crippen molar-refractivity contribution in [3.63, 3.8) is 0 Å². The van der Waals surface area contributed by atoms with E-state index in [4.69, 9.17) is 4.74 Å². The molecule has 0 saturated heterocycles. The zero-order valence-corrected chi connectivity index (χ0v) is 11.0. The van der Waals surface area contributed by atoms with E-state index in [-0.39, 0.29) is 12.7 Å². The third-order valence-corrected chi connectivity index (χ3v) is 3.43. The highest BCUT2D eigenvalue weighted by Crippen LogP contribution is 2.26. The third kappa shape index (κ3) is 3.62. The second-order valence-electron chi connectivity index (χ2n) is 4.93. The lowest BCUT2D eigenvalue weighted by Crippen LogP contribution is -2.27. The quantitative estimate of drug-likeness (QED) is 0.492. The fourth-order valence-electron chi connectivity index (χ4n) is 2.36. The van der Waals surface area contributed by atoms with Crippen LogP contribution in [0.15, 0.2) is 6.07 Å². The number of halogens is 4. The first kappa shape index (κ1) is 15.1. The highest BCUT2D eigenvalue weighted by Gasteiger charge is 2.20. The standard InChI is InChI=1S/C14H17F4NO/c15-10-8-11(16)13(18)14(12(10)17)20-7-3-6-19-9-4-1-2-5-9/h8-9,19H,1-7H2. The van der Waals surface area contributed by atoms with E-state index in [1.54, 1.807) is 0 Å². The third-order valence-electron chi connectivity index (χ3n) is 3.43. The monoisotopic (exact) mass is 291 g/mol. The summed E-state index contributed by atoms with van der Waals surface area (Å²) in [5.41, 5.74) is 0. The molecule has 2 nitrogen and oxygen atoms in total. The lowest BCUT2D eigenvalue weighted by Gasteiger charge is -2.12. The van der Waals surface area contributed by atoms with Gasteiger partial charge in [-0.1, -0.05) is 12.8 Å². The second kappa shape index (κ2) is 6.92. The molecule has 0 aliphatic heterocycles. The predicted octanol–water partition coefficient (Wildman–Crippen LogP) is 3.54. The number of hydrogen-bond acceptors (Lipinski definition) is 2. The van der Waals surface area contributed by atoms with Gasteiger partial charge in [0.1, 0.15) is 0 Å². The molecule has 0 bridgehead atoms. The summed E-state index contributed by atoms with van der Waals surface area (Å²) in [7, 11) is 0. The first-order valence-electron chi connectivity index (χ1n) is 6.78. The van der Waals surface area contributed by atoms with Gasteiger partial charge in [-0.2, -0.15) is 8.78 Å². The Hall–Kier alpha value is -1.30. The summed E-state index contributed by atoms with van der Waals surface area (Å²) in [6.07, 6.45) is 5.21. The summed E-state index contributed by atoms with van der Waals surface area (Å²) in [5.74, 6) is -6.88. The Kier molecular flexibility index (Phi) is 5.23. The Morgan fingerprint density at radius 3 is 2.25 bits per heavy atom. The lowest BCUT2D eigenvalue weighted by atomic mass is 10.2. The minimum Gasteiger partial charge on any atom is -0.487 e. The molecule has 0 heterocycles. The van der Waals surface area contributed by atoms with E-state index in [2.05, 4.69) is 5.32 Å². The smallest absolute Gasteiger partial charge is 0.203 e. The van der Waals surface area contributed by atoms with Crippen LogP contribution in [0.3, 0.4) is 0 Å². The summed E-state index contributed by atoms with van der Waals surface area (Å²) in [4.78, 5) is 0. The zero-order valence-electron chi connectivity index (χ0n) is 11.0. The summed E-state index contributed by atoms with van der Waals surface area (Å²) in [6, 6.07) is 0.661. The highest BCUT2D eigenvalue weighted by molar-refractivity contribution is 5.28.